The molecule has 0 aromatic rings. The number of carbonyl (C=O) groups excluding carboxylic acids is 2. The van der Waals surface area contributed by atoms with E-state index in [1.54, 1.807) is 7.05 Å². The van der Waals surface area contributed by atoms with Crippen LogP contribution in [0.3, 0.4) is 0 Å². The normalized spacial score (nSPS) is 28.2. The Kier molecular flexibility index (Phi) is 5.05. The van der Waals surface area contributed by atoms with Crippen molar-refractivity contribution in [1.29, 1.82) is 0 Å². The first-order valence-corrected chi connectivity index (χ1v) is 8.68. The van der Waals surface area contributed by atoms with Crippen molar-refractivity contribution in [1.82, 2.24) is 20.0 Å². The van der Waals surface area contributed by atoms with E-state index in [9.17, 15) is 9.59 Å². The molecule has 24 heavy (non-hydrogen) atoms. The number of ether oxygens (including phenoxy) is 1. The maximum Gasteiger partial charge on any atom is 0.325 e. The number of amides is 3. The van der Waals surface area contributed by atoms with Crippen LogP contribution in [0.5, 0.6) is 0 Å². The summed E-state index contributed by atoms with van der Waals surface area (Å²) in [7, 11) is 1.70. The molecule has 3 amide bonds. The number of amidine groups is 1. The second kappa shape index (κ2) is 7.06. The van der Waals surface area contributed by atoms with E-state index in [-0.39, 0.29) is 11.9 Å². The molecule has 0 aromatic carbocycles. The van der Waals surface area contributed by atoms with E-state index in [1.165, 1.54) is 4.90 Å². The summed E-state index contributed by atoms with van der Waals surface area (Å²) in [6.45, 7) is 9.00. The largest absolute Gasteiger partial charge is 0.379 e. The van der Waals surface area contributed by atoms with Crippen molar-refractivity contribution in [2.75, 3.05) is 46.4 Å². The van der Waals surface area contributed by atoms with Crippen LogP contribution >= 0.6 is 0 Å². The van der Waals surface area contributed by atoms with Gasteiger partial charge in [0, 0.05) is 26.7 Å². The molecule has 3 heterocycles. The highest BCUT2D eigenvalue weighted by molar-refractivity contribution is 6.04. The summed E-state index contributed by atoms with van der Waals surface area (Å²) >= 11 is 0. The second-order valence-electron chi connectivity index (χ2n) is 7.07. The van der Waals surface area contributed by atoms with Gasteiger partial charge in [-0.15, -0.1) is 0 Å². The fraction of sp³-hybridized carbons (Fsp3) is 0.812. The van der Waals surface area contributed by atoms with E-state index < -0.39 is 12.2 Å². The number of imide groups is 1. The number of morpholine rings is 1. The number of hydrogen-bond acceptors (Lipinski definition) is 6. The van der Waals surface area contributed by atoms with Gasteiger partial charge in [-0.3, -0.25) is 15.0 Å². The lowest BCUT2D eigenvalue weighted by molar-refractivity contribution is -0.127. The first-order chi connectivity index (χ1) is 11.5. The van der Waals surface area contributed by atoms with Gasteiger partial charge in [-0.1, -0.05) is 13.8 Å². The van der Waals surface area contributed by atoms with Crippen molar-refractivity contribution in [3.05, 3.63) is 0 Å². The van der Waals surface area contributed by atoms with Crippen LogP contribution in [0.4, 0.5) is 4.79 Å². The third-order valence-electron chi connectivity index (χ3n) is 4.86. The smallest absolute Gasteiger partial charge is 0.325 e. The molecule has 134 valence electrons. The summed E-state index contributed by atoms with van der Waals surface area (Å²) in [5.41, 5.74) is 0. The lowest BCUT2D eigenvalue weighted by Gasteiger charge is -2.37. The van der Waals surface area contributed by atoms with Gasteiger partial charge in [0.05, 0.1) is 19.8 Å². The van der Waals surface area contributed by atoms with Gasteiger partial charge in [0.2, 0.25) is 0 Å². The summed E-state index contributed by atoms with van der Waals surface area (Å²) in [4.78, 5) is 35.0. The molecule has 0 aliphatic carbocycles. The molecule has 3 aliphatic rings. The number of likely N-dealkylation sites (N-methyl/N-ethyl adjacent to an activating group) is 1. The predicted octanol–water partition coefficient (Wildman–Crippen LogP) is -0.0449. The highest BCUT2D eigenvalue weighted by Gasteiger charge is 2.48. The minimum Gasteiger partial charge on any atom is -0.379 e. The highest BCUT2D eigenvalue weighted by atomic mass is 16.5. The zero-order valence-electron chi connectivity index (χ0n) is 14.7. The van der Waals surface area contributed by atoms with Gasteiger partial charge >= 0.3 is 6.03 Å². The number of fused-ring (bicyclic) bond motifs is 1. The predicted molar refractivity (Wildman–Crippen MR) is 89.7 cm³/mol. The third kappa shape index (κ3) is 3.39. The Morgan fingerprint density at radius 3 is 2.67 bits per heavy atom. The van der Waals surface area contributed by atoms with E-state index >= 15 is 0 Å². The topological polar surface area (TPSA) is 77.5 Å². The SMILES string of the molecule is CC(C)CCN1C(CN2CCOCC2)=NC2C1C(=O)NC(=O)N2C. The average molecular weight is 337 g/mol. The first-order valence-electron chi connectivity index (χ1n) is 8.68. The van der Waals surface area contributed by atoms with Gasteiger partial charge in [-0.25, -0.2) is 9.79 Å². The molecule has 2 saturated heterocycles. The Hall–Kier alpha value is -1.67. The Morgan fingerprint density at radius 1 is 1.29 bits per heavy atom. The lowest BCUT2D eigenvalue weighted by atomic mass is 10.1. The summed E-state index contributed by atoms with van der Waals surface area (Å²) in [6, 6.07) is -0.788. The maximum absolute atomic E-state index is 12.4. The summed E-state index contributed by atoms with van der Waals surface area (Å²) in [5.74, 6) is 1.21. The Balaban J connectivity index is 1.79. The number of carbonyl (C=O) groups is 2. The standard InChI is InChI=1S/C16H27N5O3/c1-11(2)4-5-21-12(10-20-6-8-24-9-7-20)17-14-13(21)15(22)18-16(23)19(14)3/h11,13-14H,4-10H2,1-3H3,(H,18,22,23). The van der Waals surface area contributed by atoms with Gasteiger partial charge < -0.3 is 14.5 Å². The molecule has 0 saturated carbocycles. The Morgan fingerprint density at radius 2 is 2.00 bits per heavy atom. The van der Waals surface area contributed by atoms with Crippen LogP contribution in [0, 0.1) is 5.92 Å². The van der Waals surface area contributed by atoms with Gasteiger partial charge in [0.15, 0.2) is 12.2 Å². The number of aliphatic imine (C=N–C) groups is 1. The Bertz CT molecular complexity index is 530. The van der Waals surface area contributed by atoms with Gasteiger partial charge in [-0.2, -0.15) is 0 Å². The van der Waals surface area contributed by atoms with Crippen LogP contribution in [-0.2, 0) is 9.53 Å². The quantitative estimate of drug-likeness (QED) is 0.761. The lowest BCUT2D eigenvalue weighted by Crippen LogP contribution is -2.64. The summed E-state index contributed by atoms with van der Waals surface area (Å²) < 4.78 is 5.40. The van der Waals surface area contributed by atoms with Crippen molar-refractivity contribution in [3.63, 3.8) is 0 Å². The zero-order valence-corrected chi connectivity index (χ0v) is 14.7. The van der Waals surface area contributed by atoms with Crippen LogP contribution in [0.1, 0.15) is 20.3 Å². The van der Waals surface area contributed by atoms with Gasteiger partial charge in [0.1, 0.15) is 5.84 Å². The van der Waals surface area contributed by atoms with E-state index in [0.29, 0.717) is 12.5 Å². The van der Waals surface area contributed by atoms with Crippen LogP contribution in [0.2, 0.25) is 0 Å². The van der Waals surface area contributed by atoms with Gasteiger partial charge in [0.25, 0.3) is 5.91 Å². The van der Waals surface area contributed by atoms with Crippen molar-refractivity contribution in [3.8, 4) is 0 Å². The number of nitrogens with one attached hydrogen (secondary N) is 1. The molecule has 8 nitrogen and oxygen atoms in total. The molecule has 3 aliphatic heterocycles. The minimum absolute atomic E-state index is 0.243. The molecule has 8 heteroatoms. The highest BCUT2D eigenvalue weighted by Crippen LogP contribution is 2.25. The number of nitrogens with zero attached hydrogens (tertiary/aromatic N) is 4. The molecule has 3 rings (SSSR count). The minimum atomic E-state index is -0.422. The Labute approximate surface area is 142 Å². The van der Waals surface area contributed by atoms with Crippen molar-refractivity contribution in [2.45, 2.75) is 32.5 Å². The zero-order chi connectivity index (χ0) is 17.3. The van der Waals surface area contributed by atoms with E-state index in [2.05, 4.69) is 29.0 Å². The summed E-state index contributed by atoms with van der Waals surface area (Å²) in [5, 5.41) is 2.44. The molecule has 2 atom stereocenters. The third-order valence-corrected chi connectivity index (χ3v) is 4.86. The van der Waals surface area contributed by atoms with Crippen LogP contribution < -0.4 is 5.32 Å². The van der Waals surface area contributed by atoms with Crippen LogP contribution in [-0.4, -0.2) is 91.1 Å². The molecule has 0 bridgehead atoms. The summed E-state index contributed by atoms with van der Waals surface area (Å²) in [6.07, 6.45) is 0.561. The van der Waals surface area contributed by atoms with Crippen LogP contribution in [0.25, 0.3) is 0 Å². The van der Waals surface area contributed by atoms with Gasteiger partial charge in [-0.05, 0) is 12.3 Å². The molecule has 0 aromatic heterocycles. The number of rotatable bonds is 5. The molecule has 2 fully saturated rings. The molecule has 2 unspecified atom stereocenters. The molecule has 0 radical (unpaired) electrons. The molecular weight excluding hydrogens is 310 g/mol. The fourth-order valence-electron chi connectivity index (χ4n) is 3.34. The monoisotopic (exact) mass is 337 g/mol. The second-order valence-corrected chi connectivity index (χ2v) is 7.07. The van der Waals surface area contributed by atoms with E-state index in [4.69, 9.17) is 9.73 Å². The van der Waals surface area contributed by atoms with Crippen molar-refractivity contribution >= 4 is 17.8 Å². The molecule has 0 spiro atoms. The van der Waals surface area contributed by atoms with Crippen molar-refractivity contribution in [2.24, 2.45) is 10.9 Å². The van der Waals surface area contributed by atoms with Crippen LogP contribution in [0.15, 0.2) is 4.99 Å². The maximum atomic E-state index is 12.4. The molecule has 1 N–H and O–H groups in total. The average Bonchev–Trinajstić information content (AvgIpc) is 2.90. The van der Waals surface area contributed by atoms with E-state index in [0.717, 1.165) is 45.1 Å². The number of hydrogen-bond donors (Lipinski definition) is 1. The molecular formula is C16H27N5O3. The first kappa shape index (κ1) is 17.2. The van der Waals surface area contributed by atoms with E-state index in [1.807, 2.05) is 0 Å². The number of urea groups is 1. The van der Waals surface area contributed by atoms with Crippen molar-refractivity contribution < 1.29 is 14.3 Å². The fourth-order valence-corrected chi connectivity index (χ4v) is 3.34.